The van der Waals surface area contributed by atoms with Crippen molar-refractivity contribution in [1.82, 2.24) is 10.2 Å². The van der Waals surface area contributed by atoms with E-state index in [9.17, 15) is 9.59 Å². The summed E-state index contributed by atoms with van der Waals surface area (Å²) in [6.45, 7) is 5.91. The zero-order valence-electron chi connectivity index (χ0n) is 13.6. The summed E-state index contributed by atoms with van der Waals surface area (Å²) in [5.41, 5.74) is 5.27. The molecule has 2 fully saturated rings. The number of rotatable bonds is 5. The van der Waals surface area contributed by atoms with Crippen molar-refractivity contribution in [2.75, 3.05) is 26.2 Å². The molecule has 2 unspecified atom stereocenters. The van der Waals surface area contributed by atoms with E-state index >= 15 is 0 Å². The Balaban J connectivity index is 0.00000242. The molecule has 0 aromatic heterocycles. The van der Waals surface area contributed by atoms with Gasteiger partial charge in [-0.2, -0.15) is 0 Å². The van der Waals surface area contributed by atoms with Gasteiger partial charge in [-0.05, 0) is 56.5 Å². The summed E-state index contributed by atoms with van der Waals surface area (Å²) in [6.07, 6.45) is 5.42. The average Bonchev–Trinajstić information content (AvgIpc) is 2.47. The summed E-state index contributed by atoms with van der Waals surface area (Å²) in [6, 6.07) is 0. The van der Waals surface area contributed by atoms with Crippen LogP contribution in [0.2, 0.25) is 0 Å². The van der Waals surface area contributed by atoms with Crippen molar-refractivity contribution in [2.24, 2.45) is 23.5 Å². The second kappa shape index (κ2) is 9.36. The maximum absolute atomic E-state index is 12.5. The molecule has 22 heavy (non-hydrogen) atoms. The van der Waals surface area contributed by atoms with Crippen LogP contribution in [-0.2, 0) is 9.59 Å². The van der Waals surface area contributed by atoms with Gasteiger partial charge < -0.3 is 16.0 Å². The Labute approximate surface area is 139 Å². The Bertz CT molecular complexity index is 372. The number of hydrogen-bond acceptors (Lipinski definition) is 3. The summed E-state index contributed by atoms with van der Waals surface area (Å²) in [4.78, 5) is 25.5. The molecular weight excluding hydrogens is 302 g/mol. The van der Waals surface area contributed by atoms with Gasteiger partial charge in [-0.15, -0.1) is 12.4 Å². The highest BCUT2D eigenvalue weighted by molar-refractivity contribution is 5.85. The predicted octanol–water partition coefficient (Wildman–Crippen LogP) is 1.55. The SMILES string of the molecule is CC(CC(=O)N1CCCC(CC(N)=O)C1)C1CCNCC1.Cl. The maximum Gasteiger partial charge on any atom is 0.222 e. The van der Waals surface area contributed by atoms with Crippen molar-refractivity contribution in [3.63, 3.8) is 0 Å². The van der Waals surface area contributed by atoms with Crippen LogP contribution in [0.4, 0.5) is 0 Å². The van der Waals surface area contributed by atoms with Gasteiger partial charge in [0.15, 0.2) is 0 Å². The Morgan fingerprint density at radius 2 is 1.95 bits per heavy atom. The van der Waals surface area contributed by atoms with Gasteiger partial charge in [0.25, 0.3) is 0 Å². The van der Waals surface area contributed by atoms with Crippen molar-refractivity contribution in [3.05, 3.63) is 0 Å². The third-order valence-corrected chi connectivity index (χ3v) is 5.05. The average molecular weight is 332 g/mol. The number of nitrogens with two attached hydrogens (primary N) is 1. The number of hydrogen-bond donors (Lipinski definition) is 2. The molecule has 6 heteroatoms. The highest BCUT2D eigenvalue weighted by Gasteiger charge is 2.28. The van der Waals surface area contributed by atoms with Crippen LogP contribution in [0.1, 0.15) is 45.4 Å². The van der Waals surface area contributed by atoms with E-state index in [-0.39, 0.29) is 30.1 Å². The molecule has 0 aromatic carbocycles. The predicted molar refractivity (Wildman–Crippen MR) is 89.7 cm³/mol. The molecule has 2 aliphatic heterocycles. The minimum atomic E-state index is -0.252. The summed E-state index contributed by atoms with van der Waals surface area (Å²) in [7, 11) is 0. The van der Waals surface area contributed by atoms with Crippen LogP contribution in [-0.4, -0.2) is 42.9 Å². The molecule has 2 atom stereocenters. The molecule has 0 aromatic rings. The molecule has 2 saturated heterocycles. The Morgan fingerprint density at radius 1 is 1.27 bits per heavy atom. The monoisotopic (exact) mass is 331 g/mol. The summed E-state index contributed by atoms with van der Waals surface area (Å²) in [5, 5.41) is 3.37. The van der Waals surface area contributed by atoms with Crippen LogP contribution >= 0.6 is 12.4 Å². The second-order valence-corrected chi connectivity index (χ2v) is 6.79. The first-order chi connectivity index (χ1) is 10.1. The summed E-state index contributed by atoms with van der Waals surface area (Å²) < 4.78 is 0. The first-order valence-electron chi connectivity index (χ1n) is 8.33. The van der Waals surface area contributed by atoms with Crippen molar-refractivity contribution >= 4 is 24.2 Å². The fraction of sp³-hybridized carbons (Fsp3) is 0.875. The number of nitrogens with zero attached hydrogens (tertiary/aromatic N) is 1. The van der Waals surface area contributed by atoms with E-state index in [0.717, 1.165) is 32.5 Å². The van der Waals surface area contributed by atoms with Gasteiger partial charge >= 0.3 is 0 Å². The highest BCUT2D eigenvalue weighted by Crippen LogP contribution is 2.26. The lowest BCUT2D eigenvalue weighted by Crippen LogP contribution is -2.42. The van der Waals surface area contributed by atoms with Crippen LogP contribution in [0.5, 0.6) is 0 Å². The first-order valence-corrected chi connectivity index (χ1v) is 8.33. The normalized spacial score (nSPS) is 24.4. The zero-order chi connectivity index (χ0) is 15.2. The lowest BCUT2D eigenvalue weighted by molar-refractivity contribution is -0.135. The Hall–Kier alpha value is -0.810. The molecule has 0 saturated carbocycles. The van der Waals surface area contributed by atoms with Gasteiger partial charge in [-0.3, -0.25) is 9.59 Å². The van der Waals surface area contributed by atoms with Gasteiger partial charge in [-0.1, -0.05) is 6.92 Å². The number of primary amides is 1. The van der Waals surface area contributed by atoms with Crippen LogP contribution in [0.3, 0.4) is 0 Å². The van der Waals surface area contributed by atoms with Gasteiger partial charge in [0, 0.05) is 25.9 Å². The van der Waals surface area contributed by atoms with Gasteiger partial charge in [0.1, 0.15) is 0 Å². The minimum Gasteiger partial charge on any atom is -0.370 e. The van der Waals surface area contributed by atoms with Crippen LogP contribution < -0.4 is 11.1 Å². The van der Waals surface area contributed by atoms with Crippen LogP contribution in [0.25, 0.3) is 0 Å². The quantitative estimate of drug-likeness (QED) is 0.802. The zero-order valence-corrected chi connectivity index (χ0v) is 14.4. The molecular formula is C16H30ClN3O2. The molecule has 2 aliphatic rings. The largest absolute Gasteiger partial charge is 0.370 e. The molecule has 2 heterocycles. The molecule has 2 amide bonds. The van der Waals surface area contributed by atoms with Crippen molar-refractivity contribution in [3.8, 4) is 0 Å². The van der Waals surface area contributed by atoms with Gasteiger partial charge in [0.2, 0.25) is 11.8 Å². The lowest BCUT2D eigenvalue weighted by atomic mass is 9.83. The van der Waals surface area contributed by atoms with Gasteiger partial charge in [-0.25, -0.2) is 0 Å². The van der Waals surface area contributed by atoms with E-state index in [1.165, 1.54) is 12.8 Å². The number of nitrogens with one attached hydrogen (secondary N) is 1. The molecule has 0 radical (unpaired) electrons. The van der Waals surface area contributed by atoms with Gasteiger partial charge in [0.05, 0.1) is 0 Å². The Kier molecular flexibility index (Phi) is 8.18. The molecule has 0 spiro atoms. The Morgan fingerprint density at radius 3 is 2.59 bits per heavy atom. The van der Waals surface area contributed by atoms with Crippen LogP contribution in [0, 0.1) is 17.8 Å². The fourth-order valence-corrected chi connectivity index (χ4v) is 3.73. The number of amides is 2. The second-order valence-electron chi connectivity index (χ2n) is 6.79. The maximum atomic E-state index is 12.5. The number of carbonyl (C=O) groups is 2. The topological polar surface area (TPSA) is 75.4 Å². The van der Waals surface area contributed by atoms with Crippen molar-refractivity contribution in [1.29, 1.82) is 0 Å². The standard InChI is InChI=1S/C16H29N3O2.ClH/c1-12(14-4-6-18-7-5-14)9-16(21)19-8-2-3-13(11-19)10-15(17)20;/h12-14,18H,2-11H2,1H3,(H2,17,20);1H. The van der Waals surface area contributed by atoms with E-state index < -0.39 is 0 Å². The van der Waals surface area contributed by atoms with E-state index in [1.807, 2.05) is 4.90 Å². The molecule has 0 bridgehead atoms. The number of piperidine rings is 2. The highest BCUT2D eigenvalue weighted by atomic mass is 35.5. The van der Waals surface area contributed by atoms with Crippen molar-refractivity contribution < 1.29 is 9.59 Å². The molecule has 2 rings (SSSR count). The number of halogens is 1. The smallest absolute Gasteiger partial charge is 0.222 e. The first kappa shape index (κ1) is 19.2. The number of likely N-dealkylation sites (tertiary alicyclic amines) is 1. The van der Waals surface area contributed by atoms with E-state index in [2.05, 4.69) is 12.2 Å². The van der Waals surface area contributed by atoms with Crippen LogP contribution in [0.15, 0.2) is 0 Å². The molecule has 128 valence electrons. The fourth-order valence-electron chi connectivity index (χ4n) is 3.73. The minimum absolute atomic E-state index is 0. The van der Waals surface area contributed by atoms with E-state index in [4.69, 9.17) is 5.73 Å². The third kappa shape index (κ3) is 5.76. The summed E-state index contributed by atoms with van der Waals surface area (Å²) >= 11 is 0. The molecule has 3 N–H and O–H groups in total. The molecule has 5 nitrogen and oxygen atoms in total. The van der Waals surface area contributed by atoms with E-state index in [1.54, 1.807) is 0 Å². The third-order valence-electron chi connectivity index (χ3n) is 5.05. The molecule has 0 aliphatic carbocycles. The van der Waals surface area contributed by atoms with E-state index in [0.29, 0.717) is 31.2 Å². The number of carbonyl (C=O) groups excluding carboxylic acids is 2. The lowest BCUT2D eigenvalue weighted by Gasteiger charge is -2.34. The van der Waals surface area contributed by atoms with Crippen molar-refractivity contribution in [2.45, 2.75) is 45.4 Å². The summed E-state index contributed by atoms with van der Waals surface area (Å²) in [5.74, 6) is 1.39.